The van der Waals surface area contributed by atoms with Crippen LogP contribution in [0.15, 0.2) is 18.2 Å². The monoisotopic (exact) mass is 268 g/mol. The lowest BCUT2D eigenvalue weighted by Crippen LogP contribution is -2.25. The molecule has 0 saturated heterocycles. The van der Waals surface area contributed by atoms with E-state index in [1.165, 1.54) is 18.2 Å². The Kier molecular flexibility index (Phi) is 5.78. The Hall–Kier alpha value is -2.11. The van der Waals surface area contributed by atoms with Gasteiger partial charge in [-0.1, -0.05) is 12.5 Å². The summed E-state index contributed by atoms with van der Waals surface area (Å²) in [6.45, 7) is 0.411. The summed E-state index contributed by atoms with van der Waals surface area (Å²) in [4.78, 5) is 22.0. The maximum atomic E-state index is 13.1. The molecule has 0 heterocycles. The largest absolute Gasteiger partial charge is 0.481 e. The normalized spacial score (nSPS) is 10.2. The molecule has 0 aliphatic rings. The molecule has 1 amide bonds. The molecule has 0 radical (unpaired) electrons. The molecule has 6 heteroatoms. The van der Waals surface area contributed by atoms with Gasteiger partial charge >= 0.3 is 5.97 Å². The zero-order valence-corrected chi connectivity index (χ0v) is 10.5. The minimum atomic E-state index is -0.823. The number of para-hydroxylation sites is 1. The predicted molar refractivity (Wildman–Crippen MR) is 69.2 cm³/mol. The molecule has 0 spiro atoms. The number of nitrogens with two attached hydrogens (primary N) is 1. The second kappa shape index (κ2) is 7.35. The third-order valence-corrected chi connectivity index (χ3v) is 2.65. The highest BCUT2D eigenvalue weighted by atomic mass is 19.1. The van der Waals surface area contributed by atoms with Gasteiger partial charge in [0, 0.05) is 13.0 Å². The van der Waals surface area contributed by atoms with Gasteiger partial charge in [0.25, 0.3) is 5.91 Å². The third-order valence-electron chi connectivity index (χ3n) is 2.65. The number of rotatable bonds is 7. The topological polar surface area (TPSA) is 92.4 Å². The van der Waals surface area contributed by atoms with Gasteiger partial charge in [-0.25, -0.2) is 4.39 Å². The van der Waals surface area contributed by atoms with Crippen LogP contribution in [0.3, 0.4) is 0 Å². The summed E-state index contributed by atoms with van der Waals surface area (Å²) < 4.78 is 13.1. The molecule has 19 heavy (non-hydrogen) atoms. The number of unbranched alkanes of at least 4 members (excludes halogenated alkanes) is 2. The summed E-state index contributed by atoms with van der Waals surface area (Å²) in [6, 6.07) is 4.07. The quantitative estimate of drug-likeness (QED) is 0.519. The SMILES string of the molecule is Nc1c(F)cccc1C(=O)NCCCCCC(=O)O. The van der Waals surface area contributed by atoms with E-state index < -0.39 is 17.7 Å². The van der Waals surface area contributed by atoms with E-state index in [1.807, 2.05) is 0 Å². The first-order valence-corrected chi connectivity index (χ1v) is 6.06. The van der Waals surface area contributed by atoms with Gasteiger partial charge in [-0.2, -0.15) is 0 Å². The molecule has 0 fully saturated rings. The highest BCUT2D eigenvalue weighted by Gasteiger charge is 2.11. The molecule has 1 rings (SSSR count). The number of benzene rings is 1. The fraction of sp³-hybridized carbons (Fsp3) is 0.385. The molecule has 0 saturated carbocycles. The predicted octanol–water partition coefficient (Wildman–Crippen LogP) is 1.78. The van der Waals surface area contributed by atoms with E-state index in [1.54, 1.807) is 0 Å². The van der Waals surface area contributed by atoms with Crippen LogP contribution in [-0.2, 0) is 4.79 Å². The fourth-order valence-corrected chi connectivity index (χ4v) is 1.61. The van der Waals surface area contributed by atoms with Crippen molar-refractivity contribution in [2.24, 2.45) is 0 Å². The van der Waals surface area contributed by atoms with Gasteiger partial charge in [0.05, 0.1) is 11.3 Å². The Labute approximate surface area is 110 Å². The number of aliphatic carboxylic acids is 1. The molecular formula is C13H17FN2O3. The van der Waals surface area contributed by atoms with E-state index in [2.05, 4.69) is 5.32 Å². The third kappa shape index (κ3) is 4.95. The van der Waals surface area contributed by atoms with E-state index in [4.69, 9.17) is 10.8 Å². The minimum Gasteiger partial charge on any atom is -0.481 e. The molecule has 0 unspecified atom stereocenters. The summed E-state index contributed by atoms with van der Waals surface area (Å²) in [6.07, 6.45) is 2.09. The number of hydrogen-bond donors (Lipinski definition) is 3. The highest BCUT2D eigenvalue weighted by molar-refractivity contribution is 5.99. The van der Waals surface area contributed by atoms with Crippen molar-refractivity contribution in [1.29, 1.82) is 0 Å². The van der Waals surface area contributed by atoms with Crippen molar-refractivity contribution in [2.45, 2.75) is 25.7 Å². The summed E-state index contributed by atoms with van der Waals surface area (Å²) in [5.74, 6) is -1.86. The van der Waals surface area contributed by atoms with Crippen LogP contribution in [0.4, 0.5) is 10.1 Å². The highest BCUT2D eigenvalue weighted by Crippen LogP contribution is 2.15. The summed E-state index contributed by atoms with van der Waals surface area (Å²) in [5.41, 5.74) is 5.42. The van der Waals surface area contributed by atoms with E-state index in [0.29, 0.717) is 25.8 Å². The van der Waals surface area contributed by atoms with E-state index in [0.717, 1.165) is 0 Å². The van der Waals surface area contributed by atoms with Gasteiger partial charge in [-0.3, -0.25) is 9.59 Å². The number of nitrogen functional groups attached to an aromatic ring is 1. The lowest BCUT2D eigenvalue weighted by Gasteiger charge is -2.07. The second-order valence-corrected chi connectivity index (χ2v) is 4.16. The molecule has 0 aliphatic carbocycles. The van der Waals surface area contributed by atoms with Crippen molar-refractivity contribution in [3.05, 3.63) is 29.6 Å². The summed E-state index contributed by atoms with van der Waals surface area (Å²) in [5, 5.41) is 11.1. The minimum absolute atomic E-state index is 0.116. The Balaban J connectivity index is 2.32. The average Bonchev–Trinajstić information content (AvgIpc) is 2.36. The number of carbonyl (C=O) groups is 2. The molecule has 1 aromatic carbocycles. The molecule has 0 aliphatic heterocycles. The van der Waals surface area contributed by atoms with Crippen LogP contribution in [0.5, 0.6) is 0 Å². The number of carbonyl (C=O) groups excluding carboxylic acids is 1. The zero-order chi connectivity index (χ0) is 14.3. The molecule has 0 aromatic heterocycles. The number of nitrogens with one attached hydrogen (secondary N) is 1. The molecular weight excluding hydrogens is 251 g/mol. The maximum Gasteiger partial charge on any atom is 0.303 e. The summed E-state index contributed by atoms with van der Waals surface area (Å²) in [7, 11) is 0. The standard InChI is InChI=1S/C13H17FN2O3/c14-10-6-4-5-9(12(10)15)13(19)16-8-3-1-2-7-11(17)18/h4-6H,1-3,7-8,15H2,(H,16,19)(H,17,18). The maximum absolute atomic E-state index is 13.1. The number of anilines is 1. The van der Waals surface area contributed by atoms with Crippen molar-refractivity contribution in [1.82, 2.24) is 5.32 Å². The van der Waals surface area contributed by atoms with Crippen LogP contribution in [-0.4, -0.2) is 23.5 Å². The number of hydrogen-bond acceptors (Lipinski definition) is 3. The Morgan fingerprint density at radius 3 is 2.68 bits per heavy atom. The van der Waals surface area contributed by atoms with Crippen LogP contribution in [0.1, 0.15) is 36.0 Å². The number of amides is 1. The van der Waals surface area contributed by atoms with E-state index in [-0.39, 0.29) is 17.7 Å². The van der Waals surface area contributed by atoms with Gasteiger partial charge in [-0.05, 0) is 25.0 Å². The summed E-state index contributed by atoms with van der Waals surface area (Å²) >= 11 is 0. The van der Waals surface area contributed by atoms with Crippen LogP contribution >= 0.6 is 0 Å². The van der Waals surface area contributed by atoms with Crippen LogP contribution < -0.4 is 11.1 Å². The number of carboxylic acid groups (broad SMARTS) is 1. The Morgan fingerprint density at radius 1 is 1.26 bits per heavy atom. The first-order valence-electron chi connectivity index (χ1n) is 6.06. The van der Waals surface area contributed by atoms with Crippen molar-refractivity contribution in [3.8, 4) is 0 Å². The van der Waals surface area contributed by atoms with Crippen molar-refractivity contribution in [3.63, 3.8) is 0 Å². The molecule has 1 aromatic rings. The smallest absolute Gasteiger partial charge is 0.303 e. The molecule has 0 atom stereocenters. The van der Waals surface area contributed by atoms with E-state index in [9.17, 15) is 14.0 Å². The molecule has 5 nitrogen and oxygen atoms in total. The van der Waals surface area contributed by atoms with E-state index >= 15 is 0 Å². The first kappa shape index (κ1) is 14.9. The lowest BCUT2D eigenvalue weighted by atomic mass is 10.1. The van der Waals surface area contributed by atoms with Crippen molar-refractivity contribution in [2.75, 3.05) is 12.3 Å². The zero-order valence-electron chi connectivity index (χ0n) is 10.5. The van der Waals surface area contributed by atoms with Crippen molar-refractivity contribution >= 4 is 17.6 Å². The van der Waals surface area contributed by atoms with Crippen LogP contribution in [0, 0.1) is 5.82 Å². The van der Waals surface area contributed by atoms with Gasteiger partial charge in [0.2, 0.25) is 0 Å². The fourth-order valence-electron chi connectivity index (χ4n) is 1.61. The van der Waals surface area contributed by atoms with Crippen LogP contribution in [0.25, 0.3) is 0 Å². The number of carboxylic acids is 1. The second-order valence-electron chi connectivity index (χ2n) is 4.16. The van der Waals surface area contributed by atoms with Gasteiger partial charge in [0.1, 0.15) is 5.82 Å². The van der Waals surface area contributed by atoms with Gasteiger partial charge < -0.3 is 16.2 Å². The number of halogens is 1. The average molecular weight is 268 g/mol. The molecule has 104 valence electrons. The molecule has 4 N–H and O–H groups in total. The van der Waals surface area contributed by atoms with Gasteiger partial charge in [-0.15, -0.1) is 0 Å². The Morgan fingerprint density at radius 2 is 2.00 bits per heavy atom. The van der Waals surface area contributed by atoms with Gasteiger partial charge in [0.15, 0.2) is 0 Å². The van der Waals surface area contributed by atoms with Crippen LogP contribution in [0.2, 0.25) is 0 Å². The Bertz CT molecular complexity index is 463. The first-order chi connectivity index (χ1) is 9.02. The van der Waals surface area contributed by atoms with Crippen molar-refractivity contribution < 1.29 is 19.1 Å². The lowest BCUT2D eigenvalue weighted by molar-refractivity contribution is -0.137. The molecule has 0 bridgehead atoms.